The van der Waals surface area contributed by atoms with Gasteiger partial charge in [-0.1, -0.05) is 31.0 Å². The molecule has 0 spiro atoms. The van der Waals surface area contributed by atoms with Crippen molar-refractivity contribution in [3.63, 3.8) is 0 Å². The minimum atomic E-state index is -0.479. The standard InChI is InChI=1S/C21H24ClN3O3S/c1-5-6-14(21(26)28-4)19-24-18(15-9-12(2)29-20(15)25-19)23-11-13-7-8-17(27-3)16(22)10-13/h7-10,14H,5-6,11H2,1-4H3,(H,23,24,25). The van der Waals surface area contributed by atoms with Crippen molar-refractivity contribution in [3.8, 4) is 5.75 Å². The summed E-state index contributed by atoms with van der Waals surface area (Å²) in [6.45, 7) is 4.58. The molecule has 0 saturated carbocycles. The highest BCUT2D eigenvalue weighted by Crippen LogP contribution is 2.32. The molecule has 2 aromatic heterocycles. The van der Waals surface area contributed by atoms with Crippen molar-refractivity contribution in [2.24, 2.45) is 0 Å². The number of thiophene rings is 1. The summed E-state index contributed by atoms with van der Waals surface area (Å²) >= 11 is 7.82. The summed E-state index contributed by atoms with van der Waals surface area (Å²) < 4.78 is 10.2. The fraction of sp³-hybridized carbons (Fsp3) is 0.381. The van der Waals surface area contributed by atoms with E-state index in [2.05, 4.69) is 16.4 Å². The van der Waals surface area contributed by atoms with E-state index in [4.69, 9.17) is 26.1 Å². The zero-order chi connectivity index (χ0) is 21.0. The molecule has 1 N–H and O–H groups in total. The van der Waals surface area contributed by atoms with Crippen LogP contribution < -0.4 is 10.1 Å². The van der Waals surface area contributed by atoms with Gasteiger partial charge in [-0.2, -0.15) is 0 Å². The number of hydrogen-bond acceptors (Lipinski definition) is 7. The molecule has 1 aromatic carbocycles. The third-order valence-corrected chi connectivity index (χ3v) is 5.82. The predicted octanol–water partition coefficient (Wildman–Crippen LogP) is 5.33. The number of carbonyl (C=O) groups excluding carboxylic acids is 1. The molecular formula is C21H24ClN3O3S. The number of methoxy groups -OCH3 is 2. The second-order valence-corrected chi connectivity index (χ2v) is 8.34. The quantitative estimate of drug-likeness (QED) is 0.484. The van der Waals surface area contributed by atoms with Gasteiger partial charge in [0.2, 0.25) is 0 Å². The van der Waals surface area contributed by atoms with Crippen LogP contribution in [0.25, 0.3) is 10.2 Å². The number of rotatable bonds is 8. The Bertz CT molecular complexity index is 1020. The van der Waals surface area contributed by atoms with Crippen LogP contribution in [0.2, 0.25) is 5.02 Å². The lowest BCUT2D eigenvalue weighted by Crippen LogP contribution is -2.18. The number of aryl methyl sites for hydroxylation is 1. The van der Waals surface area contributed by atoms with Crippen LogP contribution in [0.15, 0.2) is 24.3 Å². The summed E-state index contributed by atoms with van der Waals surface area (Å²) in [5.74, 6) is 1.03. The van der Waals surface area contributed by atoms with Crippen LogP contribution in [0.5, 0.6) is 5.75 Å². The van der Waals surface area contributed by atoms with E-state index in [1.165, 1.54) is 7.11 Å². The summed E-state index contributed by atoms with van der Waals surface area (Å²) in [4.78, 5) is 23.6. The molecule has 3 aromatic rings. The van der Waals surface area contributed by atoms with E-state index < -0.39 is 5.92 Å². The molecular weight excluding hydrogens is 410 g/mol. The third-order valence-electron chi connectivity index (χ3n) is 4.58. The highest BCUT2D eigenvalue weighted by atomic mass is 35.5. The van der Waals surface area contributed by atoms with Gasteiger partial charge < -0.3 is 14.8 Å². The van der Waals surface area contributed by atoms with Crippen molar-refractivity contribution in [2.45, 2.75) is 39.2 Å². The lowest BCUT2D eigenvalue weighted by molar-refractivity contribution is -0.142. The van der Waals surface area contributed by atoms with Gasteiger partial charge in [-0.3, -0.25) is 4.79 Å². The Morgan fingerprint density at radius 2 is 2.07 bits per heavy atom. The van der Waals surface area contributed by atoms with E-state index in [0.717, 1.165) is 27.1 Å². The molecule has 6 nitrogen and oxygen atoms in total. The average molecular weight is 434 g/mol. The number of carbonyl (C=O) groups is 1. The van der Waals surface area contributed by atoms with Gasteiger partial charge in [-0.25, -0.2) is 9.97 Å². The molecule has 1 unspecified atom stereocenters. The number of anilines is 1. The summed E-state index contributed by atoms with van der Waals surface area (Å²) in [5.41, 5.74) is 0.995. The topological polar surface area (TPSA) is 73.3 Å². The number of aromatic nitrogens is 2. The Hall–Kier alpha value is -2.38. The first-order valence-corrected chi connectivity index (χ1v) is 10.6. The number of halogens is 1. The maximum absolute atomic E-state index is 12.3. The second kappa shape index (κ2) is 9.41. The molecule has 2 heterocycles. The number of nitrogens with one attached hydrogen (secondary N) is 1. The van der Waals surface area contributed by atoms with Gasteiger partial charge in [0, 0.05) is 11.4 Å². The largest absolute Gasteiger partial charge is 0.495 e. The number of benzene rings is 1. The molecule has 0 amide bonds. The van der Waals surface area contributed by atoms with Crippen molar-refractivity contribution in [1.82, 2.24) is 9.97 Å². The van der Waals surface area contributed by atoms with Crippen LogP contribution in [0.4, 0.5) is 5.82 Å². The van der Waals surface area contributed by atoms with Crippen LogP contribution in [0.1, 0.15) is 41.9 Å². The SMILES string of the molecule is CCCC(C(=O)OC)c1nc(NCc2ccc(OC)c(Cl)c2)c2cc(C)sc2n1. The number of ether oxygens (including phenoxy) is 2. The number of nitrogens with zero attached hydrogens (tertiary/aromatic N) is 2. The molecule has 0 fully saturated rings. The molecule has 0 aliphatic rings. The third kappa shape index (κ3) is 4.79. The van der Waals surface area contributed by atoms with E-state index in [1.807, 2.05) is 32.0 Å². The Morgan fingerprint density at radius 1 is 1.28 bits per heavy atom. The summed E-state index contributed by atoms with van der Waals surface area (Å²) in [7, 11) is 2.98. The lowest BCUT2D eigenvalue weighted by Gasteiger charge is -2.15. The van der Waals surface area contributed by atoms with Crippen molar-refractivity contribution < 1.29 is 14.3 Å². The molecule has 3 rings (SSSR count). The fourth-order valence-electron chi connectivity index (χ4n) is 3.14. The number of fused-ring (bicyclic) bond motifs is 1. The first-order chi connectivity index (χ1) is 14.0. The van der Waals surface area contributed by atoms with Gasteiger partial charge in [-0.15, -0.1) is 11.3 Å². The summed E-state index contributed by atoms with van der Waals surface area (Å²) in [6.07, 6.45) is 1.47. The van der Waals surface area contributed by atoms with Crippen LogP contribution in [-0.4, -0.2) is 30.2 Å². The van der Waals surface area contributed by atoms with Crippen LogP contribution >= 0.6 is 22.9 Å². The van der Waals surface area contributed by atoms with Gasteiger partial charge in [0.25, 0.3) is 0 Å². The van der Waals surface area contributed by atoms with Gasteiger partial charge >= 0.3 is 5.97 Å². The van der Waals surface area contributed by atoms with E-state index in [1.54, 1.807) is 18.4 Å². The van der Waals surface area contributed by atoms with Crippen molar-refractivity contribution in [1.29, 1.82) is 0 Å². The Labute approximate surface area is 179 Å². The Kier molecular flexibility index (Phi) is 6.92. The van der Waals surface area contributed by atoms with Crippen LogP contribution in [0.3, 0.4) is 0 Å². The van der Waals surface area contributed by atoms with Crippen molar-refractivity contribution in [2.75, 3.05) is 19.5 Å². The first-order valence-electron chi connectivity index (χ1n) is 9.39. The smallest absolute Gasteiger partial charge is 0.316 e. The van der Waals surface area contributed by atoms with Gasteiger partial charge in [-0.05, 0) is 37.1 Å². The molecule has 0 saturated heterocycles. The van der Waals surface area contributed by atoms with Crippen molar-refractivity contribution in [3.05, 3.63) is 45.6 Å². The zero-order valence-corrected chi connectivity index (χ0v) is 18.5. The molecule has 0 aliphatic carbocycles. The number of esters is 1. The van der Waals surface area contributed by atoms with Crippen LogP contribution in [-0.2, 0) is 16.1 Å². The van der Waals surface area contributed by atoms with E-state index in [9.17, 15) is 4.79 Å². The van der Waals surface area contributed by atoms with Crippen molar-refractivity contribution >= 4 is 44.9 Å². The monoisotopic (exact) mass is 433 g/mol. The maximum Gasteiger partial charge on any atom is 0.316 e. The summed E-state index contributed by atoms with van der Waals surface area (Å²) in [6, 6.07) is 7.70. The van der Waals surface area contributed by atoms with Gasteiger partial charge in [0.15, 0.2) is 0 Å². The average Bonchev–Trinajstić information content (AvgIpc) is 3.09. The summed E-state index contributed by atoms with van der Waals surface area (Å²) in [5, 5.41) is 4.88. The molecule has 154 valence electrons. The minimum absolute atomic E-state index is 0.313. The molecule has 8 heteroatoms. The normalized spacial score (nSPS) is 12.0. The molecule has 0 bridgehead atoms. The van der Waals surface area contributed by atoms with Gasteiger partial charge in [0.05, 0.1) is 24.6 Å². The minimum Gasteiger partial charge on any atom is -0.495 e. The number of hydrogen-bond donors (Lipinski definition) is 1. The maximum atomic E-state index is 12.3. The van der Waals surface area contributed by atoms with E-state index in [-0.39, 0.29) is 5.97 Å². The highest BCUT2D eigenvalue weighted by Gasteiger charge is 2.25. The van der Waals surface area contributed by atoms with Gasteiger partial charge in [0.1, 0.15) is 28.1 Å². The molecule has 0 radical (unpaired) electrons. The Balaban J connectivity index is 1.95. The lowest BCUT2D eigenvalue weighted by atomic mass is 10.0. The second-order valence-electron chi connectivity index (χ2n) is 6.69. The molecule has 29 heavy (non-hydrogen) atoms. The molecule has 1 atom stereocenters. The first kappa shape index (κ1) is 21.3. The van der Waals surface area contributed by atoms with Crippen LogP contribution in [0, 0.1) is 6.92 Å². The molecule has 0 aliphatic heterocycles. The van der Waals surface area contributed by atoms with E-state index in [0.29, 0.717) is 35.4 Å². The predicted molar refractivity (Wildman–Crippen MR) is 117 cm³/mol. The van der Waals surface area contributed by atoms with E-state index >= 15 is 0 Å². The zero-order valence-electron chi connectivity index (χ0n) is 16.9. The highest BCUT2D eigenvalue weighted by molar-refractivity contribution is 7.18. The Morgan fingerprint density at radius 3 is 2.72 bits per heavy atom. The fourth-order valence-corrected chi connectivity index (χ4v) is 4.30.